The van der Waals surface area contributed by atoms with E-state index >= 15 is 0 Å². The van der Waals surface area contributed by atoms with Crippen LogP contribution in [0.5, 0.6) is 0 Å². The molecule has 2 aliphatic rings. The van der Waals surface area contributed by atoms with E-state index < -0.39 is 12.3 Å². The van der Waals surface area contributed by atoms with Crippen LogP contribution >= 0.6 is 0 Å². The first-order valence-corrected chi connectivity index (χ1v) is 3.76. The van der Waals surface area contributed by atoms with Gasteiger partial charge in [0.1, 0.15) is 12.1 Å². The maximum absolute atomic E-state index is 13.0. The summed E-state index contributed by atoms with van der Waals surface area (Å²) >= 11 is 0. The Hall–Kier alpha value is -0.220. The second-order valence-electron chi connectivity index (χ2n) is 3.21. The normalized spacial score (nSPS) is 56.5. The van der Waals surface area contributed by atoms with E-state index in [1.165, 1.54) is 0 Å². The van der Waals surface area contributed by atoms with Gasteiger partial charge in [0.15, 0.2) is 12.3 Å². The van der Waals surface area contributed by atoms with E-state index in [4.69, 9.17) is 4.74 Å². The molecule has 0 saturated carbocycles. The average molecular weight is 163 g/mol. The van der Waals surface area contributed by atoms with Crippen molar-refractivity contribution in [2.24, 2.45) is 0 Å². The van der Waals surface area contributed by atoms with Gasteiger partial charge in [-0.2, -0.15) is 0 Å². The fourth-order valence-corrected chi connectivity index (χ4v) is 1.85. The standard InChI is InChI=1S/C7H11F2NO/c1-10-4-2-11-3-5(10)7(9)6(4)8/h4-7,10H,1-3H2. The molecule has 0 radical (unpaired) electrons. The van der Waals surface area contributed by atoms with Gasteiger partial charge in [0, 0.05) is 0 Å². The number of nitrogens with one attached hydrogen (secondary N) is 1. The molecule has 0 spiro atoms. The first-order chi connectivity index (χ1) is 5.22. The molecule has 4 heteroatoms. The number of rotatable bonds is 0. The van der Waals surface area contributed by atoms with Crippen molar-refractivity contribution in [1.82, 2.24) is 0 Å². The minimum atomic E-state index is -1.38. The summed E-state index contributed by atoms with van der Waals surface area (Å²) < 4.78 is 31.0. The smallest absolute Gasteiger partial charge is 0.188 e. The predicted octanol–water partition coefficient (Wildman–Crippen LogP) is -0.880. The fourth-order valence-electron chi connectivity index (χ4n) is 1.85. The molecule has 0 amide bonds. The third-order valence-corrected chi connectivity index (χ3v) is 2.62. The second kappa shape index (κ2) is 2.38. The van der Waals surface area contributed by atoms with E-state index in [-0.39, 0.29) is 12.1 Å². The third kappa shape index (κ3) is 0.891. The molecular formula is C7H11F2NO. The van der Waals surface area contributed by atoms with Crippen LogP contribution in [0.1, 0.15) is 0 Å². The van der Waals surface area contributed by atoms with E-state index in [0.717, 1.165) is 0 Å². The van der Waals surface area contributed by atoms with Crippen LogP contribution in [0.2, 0.25) is 0 Å². The fraction of sp³-hybridized carbons (Fsp3) is 0.857. The molecule has 1 N–H and O–H groups in total. The third-order valence-electron chi connectivity index (χ3n) is 2.62. The van der Waals surface area contributed by atoms with Crippen molar-refractivity contribution in [3.05, 3.63) is 7.05 Å². The molecule has 0 aromatic rings. The van der Waals surface area contributed by atoms with Crippen LogP contribution < -0.4 is 4.90 Å². The molecule has 2 bridgehead atoms. The average Bonchev–Trinajstić information content (AvgIpc) is 2.19. The number of alkyl halides is 2. The van der Waals surface area contributed by atoms with Crippen LogP contribution in [-0.4, -0.2) is 37.6 Å². The monoisotopic (exact) mass is 163 g/mol. The maximum atomic E-state index is 13.0. The molecule has 0 aromatic heterocycles. The summed E-state index contributed by atoms with van der Waals surface area (Å²) in [6, 6.07) is -0.771. The lowest BCUT2D eigenvalue weighted by molar-refractivity contribution is -0.904. The van der Waals surface area contributed by atoms with Gasteiger partial charge < -0.3 is 9.64 Å². The van der Waals surface area contributed by atoms with Gasteiger partial charge >= 0.3 is 0 Å². The van der Waals surface area contributed by atoms with Crippen LogP contribution in [0.4, 0.5) is 8.78 Å². The van der Waals surface area contributed by atoms with Crippen molar-refractivity contribution in [3.8, 4) is 0 Å². The van der Waals surface area contributed by atoms with Crippen molar-refractivity contribution in [2.45, 2.75) is 24.4 Å². The summed E-state index contributed by atoms with van der Waals surface area (Å²) in [5.41, 5.74) is 0. The molecule has 2 aliphatic heterocycles. The van der Waals surface area contributed by atoms with Crippen molar-refractivity contribution in [2.75, 3.05) is 13.2 Å². The number of hydrogen-bond acceptors (Lipinski definition) is 1. The lowest BCUT2D eigenvalue weighted by Crippen LogP contribution is -3.15. The van der Waals surface area contributed by atoms with Gasteiger partial charge in [-0.25, -0.2) is 8.78 Å². The van der Waals surface area contributed by atoms with Crippen LogP contribution in [0.15, 0.2) is 0 Å². The molecule has 11 heavy (non-hydrogen) atoms. The van der Waals surface area contributed by atoms with Crippen LogP contribution in [0, 0.1) is 7.05 Å². The molecule has 0 aliphatic carbocycles. The summed E-state index contributed by atoms with van der Waals surface area (Å²) in [6.45, 7) is 0.605. The maximum Gasteiger partial charge on any atom is 0.188 e. The van der Waals surface area contributed by atoms with Crippen LogP contribution in [0.3, 0.4) is 0 Å². The van der Waals surface area contributed by atoms with Gasteiger partial charge in [-0.15, -0.1) is 7.05 Å². The van der Waals surface area contributed by atoms with Gasteiger partial charge in [-0.05, 0) is 0 Å². The molecule has 4 atom stereocenters. The minimum Gasteiger partial charge on any atom is -0.454 e. The number of morpholine rings is 1. The molecule has 2 rings (SSSR count). The Labute approximate surface area is 64.1 Å². The molecule has 4 unspecified atom stereocenters. The molecule has 0 aromatic carbocycles. The van der Waals surface area contributed by atoms with Gasteiger partial charge in [0.2, 0.25) is 0 Å². The van der Waals surface area contributed by atoms with E-state index in [0.29, 0.717) is 18.1 Å². The quantitative estimate of drug-likeness (QED) is 0.458. The van der Waals surface area contributed by atoms with Crippen molar-refractivity contribution < 1.29 is 18.4 Å². The van der Waals surface area contributed by atoms with E-state index in [1.807, 2.05) is 0 Å². The molecule has 64 valence electrons. The Morgan fingerprint density at radius 1 is 1.18 bits per heavy atom. The molecule has 2 nitrogen and oxygen atoms in total. The second-order valence-corrected chi connectivity index (χ2v) is 3.21. The largest absolute Gasteiger partial charge is 0.454 e. The van der Waals surface area contributed by atoms with E-state index in [2.05, 4.69) is 7.05 Å². The zero-order valence-electron chi connectivity index (χ0n) is 6.09. The zero-order chi connectivity index (χ0) is 8.01. The number of fused-ring (bicyclic) bond motifs is 2. The summed E-state index contributed by atoms with van der Waals surface area (Å²) in [5, 5.41) is 0. The first-order valence-electron chi connectivity index (χ1n) is 3.76. The summed E-state index contributed by atoms with van der Waals surface area (Å²) in [7, 11) is 3.68. The first kappa shape index (κ1) is 7.43. The zero-order valence-corrected chi connectivity index (χ0v) is 6.09. The number of ether oxygens (including phenoxy) is 1. The van der Waals surface area contributed by atoms with Crippen molar-refractivity contribution in [1.29, 1.82) is 0 Å². The lowest BCUT2D eigenvalue weighted by atomic mass is 10.1. The Morgan fingerprint density at radius 2 is 1.64 bits per heavy atom. The van der Waals surface area contributed by atoms with Gasteiger partial charge in [0.25, 0.3) is 0 Å². The molecule has 2 fully saturated rings. The van der Waals surface area contributed by atoms with Crippen LogP contribution in [0.25, 0.3) is 0 Å². The summed E-state index contributed by atoms with van der Waals surface area (Å²) in [6.07, 6.45) is -2.76. The summed E-state index contributed by atoms with van der Waals surface area (Å²) in [4.78, 5) is 0.705. The van der Waals surface area contributed by atoms with E-state index in [9.17, 15) is 8.78 Å². The number of quaternary nitrogens is 1. The minimum absolute atomic E-state index is 0.302. The van der Waals surface area contributed by atoms with E-state index in [1.54, 1.807) is 0 Å². The highest BCUT2D eigenvalue weighted by atomic mass is 19.2. The Kier molecular flexibility index (Phi) is 1.61. The SMILES string of the molecule is [CH2-][NH+]1C2COCC1C(F)C2F. The lowest BCUT2D eigenvalue weighted by Gasteiger charge is -2.33. The Morgan fingerprint density at radius 3 is 2.00 bits per heavy atom. The molecule has 2 heterocycles. The summed E-state index contributed by atoms with van der Waals surface area (Å²) in [5.74, 6) is 0. The molecular weight excluding hydrogens is 152 g/mol. The van der Waals surface area contributed by atoms with Gasteiger partial charge in [0.05, 0.1) is 13.2 Å². The predicted molar refractivity (Wildman–Crippen MR) is 34.5 cm³/mol. The van der Waals surface area contributed by atoms with Crippen molar-refractivity contribution in [3.63, 3.8) is 0 Å². The Balaban J connectivity index is 2.21. The van der Waals surface area contributed by atoms with Crippen LogP contribution in [-0.2, 0) is 4.74 Å². The molecule has 2 saturated heterocycles. The topological polar surface area (TPSA) is 13.7 Å². The number of hydrogen-bond donors (Lipinski definition) is 1. The van der Waals surface area contributed by atoms with Gasteiger partial charge in [-0.1, -0.05) is 0 Å². The Bertz CT molecular complexity index is 143. The number of halogens is 2. The highest BCUT2D eigenvalue weighted by molar-refractivity contribution is 4.91. The van der Waals surface area contributed by atoms with Crippen molar-refractivity contribution >= 4 is 0 Å². The highest BCUT2D eigenvalue weighted by Gasteiger charge is 2.52. The van der Waals surface area contributed by atoms with Gasteiger partial charge in [-0.3, -0.25) is 0 Å². The highest BCUT2D eigenvalue weighted by Crippen LogP contribution is 2.20.